The zero-order chi connectivity index (χ0) is 12.5. The molecule has 3 rings (SSSR count). The van der Waals surface area contributed by atoms with Gasteiger partial charge in [0.2, 0.25) is 0 Å². The Labute approximate surface area is 109 Å². The second-order valence-electron chi connectivity index (χ2n) is 5.10. The van der Waals surface area contributed by atoms with Crippen LogP contribution in [-0.2, 0) is 12.8 Å². The smallest absolute Gasteiger partial charge is 0.00139 e. The van der Waals surface area contributed by atoms with Gasteiger partial charge in [-0.2, -0.15) is 0 Å². The highest BCUT2D eigenvalue weighted by Gasteiger charge is 2.09. The quantitative estimate of drug-likeness (QED) is 0.575. The lowest BCUT2D eigenvalue weighted by atomic mass is 9.97. The van der Waals surface area contributed by atoms with Crippen molar-refractivity contribution < 1.29 is 0 Å². The molecule has 18 heavy (non-hydrogen) atoms. The Morgan fingerprint density at radius 1 is 0.889 bits per heavy atom. The van der Waals surface area contributed by atoms with Crippen molar-refractivity contribution >= 4 is 12.2 Å². The molecule has 1 aliphatic rings. The molecule has 0 aliphatic heterocycles. The fourth-order valence-corrected chi connectivity index (χ4v) is 2.60. The summed E-state index contributed by atoms with van der Waals surface area (Å²) in [5.74, 6) is 0. The van der Waals surface area contributed by atoms with Crippen molar-refractivity contribution in [1.29, 1.82) is 0 Å². The van der Waals surface area contributed by atoms with E-state index in [1.165, 1.54) is 33.4 Å². The van der Waals surface area contributed by atoms with Crippen LogP contribution in [0.25, 0.3) is 12.2 Å². The van der Waals surface area contributed by atoms with Crippen LogP contribution in [0.15, 0.2) is 36.4 Å². The predicted molar refractivity (Wildman–Crippen MR) is 78.7 cm³/mol. The summed E-state index contributed by atoms with van der Waals surface area (Å²) in [6.07, 6.45) is 6.67. The molecule has 0 unspecified atom stereocenters. The first kappa shape index (κ1) is 11.3. The Morgan fingerprint density at radius 2 is 1.56 bits per heavy atom. The second kappa shape index (κ2) is 4.45. The standard InChI is InChI=1S/C18H18/c1-3-14-5-7-18-12-17-6-4-13(2)10-15(17)8-9-16(18)11-14/h4-11H,3,12H2,1-2H3. The van der Waals surface area contributed by atoms with Crippen molar-refractivity contribution in [2.75, 3.05) is 0 Å². The second-order valence-corrected chi connectivity index (χ2v) is 5.10. The van der Waals surface area contributed by atoms with E-state index in [9.17, 15) is 0 Å². The van der Waals surface area contributed by atoms with Crippen LogP contribution in [0.1, 0.15) is 40.3 Å². The Bertz CT molecular complexity index is 618. The van der Waals surface area contributed by atoms with Crippen LogP contribution in [0, 0.1) is 6.92 Å². The molecule has 0 heterocycles. The molecular formula is C18H18. The van der Waals surface area contributed by atoms with Gasteiger partial charge >= 0.3 is 0 Å². The highest BCUT2D eigenvalue weighted by Crippen LogP contribution is 2.26. The van der Waals surface area contributed by atoms with E-state index < -0.39 is 0 Å². The lowest BCUT2D eigenvalue weighted by Crippen LogP contribution is -1.93. The fraction of sp³-hybridized carbons (Fsp3) is 0.222. The summed E-state index contributed by atoms with van der Waals surface area (Å²) in [4.78, 5) is 0. The summed E-state index contributed by atoms with van der Waals surface area (Å²) < 4.78 is 0. The van der Waals surface area contributed by atoms with Crippen molar-refractivity contribution in [2.24, 2.45) is 0 Å². The summed E-state index contributed by atoms with van der Waals surface area (Å²) in [6.45, 7) is 4.36. The molecule has 0 nitrogen and oxygen atoms in total. The molecule has 2 aromatic carbocycles. The van der Waals surface area contributed by atoms with E-state index in [2.05, 4.69) is 62.4 Å². The molecule has 0 aromatic heterocycles. The van der Waals surface area contributed by atoms with E-state index in [0.717, 1.165) is 12.8 Å². The first-order valence-electron chi connectivity index (χ1n) is 6.65. The average Bonchev–Trinajstić information content (AvgIpc) is 2.57. The van der Waals surface area contributed by atoms with Crippen LogP contribution < -0.4 is 0 Å². The van der Waals surface area contributed by atoms with Crippen molar-refractivity contribution in [3.63, 3.8) is 0 Å². The Morgan fingerprint density at radius 3 is 2.28 bits per heavy atom. The normalized spacial score (nSPS) is 12.8. The summed E-state index contributed by atoms with van der Waals surface area (Å²) in [5.41, 5.74) is 8.36. The van der Waals surface area contributed by atoms with Gasteiger partial charge in [-0.15, -0.1) is 0 Å². The summed E-state index contributed by atoms with van der Waals surface area (Å²) in [6, 6.07) is 13.6. The summed E-state index contributed by atoms with van der Waals surface area (Å²) in [7, 11) is 0. The van der Waals surface area contributed by atoms with Crippen LogP contribution >= 0.6 is 0 Å². The number of hydrogen-bond acceptors (Lipinski definition) is 0. The minimum absolute atomic E-state index is 1.04. The van der Waals surface area contributed by atoms with E-state index in [0.29, 0.717) is 0 Å². The Kier molecular flexibility index (Phi) is 2.79. The van der Waals surface area contributed by atoms with Crippen LogP contribution in [0.2, 0.25) is 0 Å². The predicted octanol–water partition coefficient (Wildman–Crippen LogP) is 4.63. The van der Waals surface area contributed by atoms with E-state index in [-0.39, 0.29) is 0 Å². The van der Waals surface area contributed by atoms with Crippen LogP contribution in [0.3, 0.4) is 0 Å². The van der Waals surface area contributed by atoms with Gasteiger partial charge in [0, 0.05) is 0 Å². The number of aryl methyl sites for hydroxylation is 2. The Hall–Kier alpha value is -1.82. The maximum absolute atomic E-state index is 2.32. The molecule has 0 fully saturated rings. The summed E-state index contributed by atoms with van der Waals surface area (Å²) >= 11 is 0. The molecule has 0 amide bonds. The van der Waals surface area contributed by atoms with E-state index >= 15 is 0 Å². The van der Waals surface area contributed by atoms with Gasteiger partial charge in [0.05, 0.1) is 0 Å². The van der Waals surface area contributed by atoms with Crippen molar-refractivity contribution in [1.82, 2.24) is 0 Å². The molecule has 1 aliphatic carbocycles. The zero-order valence-corrected chi connectivity index (χ0v) is 11.0. The maximum atomic E-state index is 2.32. The van der Waals surface area contributed by atoms with Crippen molar-refractivity contribution in [2.45, 2.75) is 26.7 Å². The summed E-state index contributed by atoms with van der Waals surface area (Å²) in [5, 5.41) is 0. The zero-order valence-electron chi connectivity index (χ0n) is 11.0. The molecular weight excluding hydrogens is 216 g/mol. The van der Waals surface area contributed by atoms with Gasteiger partial charge in [0.15, 0.2) is 0 Å². The van der Waals surface area contributed by atoms with Gasteiger partial charge < -0.3 is 0 Å². The first-order valence-corrected chi connectivity index (χ1v) is 6.65. The molecule has 0 spiro atoms. The lowest BCUT2D eigenvalue weighted by Gasteiger charge is -2.08. The van der Waals surface area contributed by atoms with E-state index in [1.807, 2.05) is 0 Å². The van der Waals surface area contributed by atoms with Gasteiger partial charge in [0.1, 0.15) is 0 Å². The van der Waals surface area contributed by atoms with Crippen LogP contribution in [0.5, 0.6) is 0 Å². The molecule has 0 saturated carbocycles. The van der Waals surface area contributed by atoms with Gasteiger partial charge in [-0.1, -0.05) is 61.0 Å². The third-order valence-electron chi connectivity index (χ3n) is 3.74. The minimum atomic E-state index is 1.04. The molecule has 0 radical (unpaired) electrons. The molecule has 0 heteroatoms. The van der Waals surface area contributed by atoms with Crippen molar-refractivity contribution in [3.05, 3.63) is 69.8 Å². The SMILES string of the molecule is CCc1ccc2c(c1)C=Cc1cc(C)ccc1C2. The molecule has 0 atom stereocenters. The lowest BCUT2D eigenvalue weighted by molar-refractivity contribution is 1.11. The van der Waals surface area contributed by atoms with E-state index in [4.69, 9.17) is 0 Å². The third kappa shape index (κ3) is 1.99. The topological polar surface area (TPSA) is 0 Å². The Balaban J connectivity index is 2.11. The van der Waals surface area contributed by atoms with Gasteiger partial charge in [-0.3, -0.25) is 0 Å². The van der Waals surface area contributed by atoms with Gasteiger partial charge in [0.25, 0.3) is 0 Å². The van der Waals surface area contributed by atoms with Gasteiger partial charge in [-0.25, -0.2) is 0 Å². The molecule has 90 valence electrons. The fourth-order valence-electron chi connectivity index (χ4n) is 2.60. The first-order chi connectivity index (χ1) is 8.76. The minimum Gasteiger partial charge on any atom is -0.0613 e. The highest BCUT2D eigenvalue weighted by atomic mass is 14.1. The number of hydrogen-bond donors (Lipinski definition) is 0. The van der Waals surface area contributed by atoms with E-state index in [1.54, 1.807) is 0 Å². The van der Waals surface area contributed by atoms with Crippen LogP contribution in [-0.4, -0.2) is 0 Å². The number of fused-ring (bicyclic) bond motifs is 2. The average molecular weight is 234 g/mol. The molecule has 0 N–H and O–H groups in total. The number of rotatable bonds is 1. The van der Waals surface area contributed by atoms with Crippen molar-refractivity contribution in [3.8, 4) is 0 Å². The van der Waals surface area contributed by atoms with Gasteiger partial charge in [-0.05, 0) is 47.6 Å². The maximum Gasteiger partial charge on any atom is -0.00139 e. The van der Waals surface area contributed by atoms with Crippen LogP contribution in [0.4, 0.5) is 0 Å². The molecule has 0 bridgehead atoms. The third-order valence-corrected chi connectivity index (χ3v) is 3.74. The number of benzene rings is 2. The highest BCUT2D eigenvalue weighted by molar-refractivity contribution is 5.75. The largest absolute Gasteiger partial charge is 0.0613 e. The molecule has 0 saturated heterocycles. The monoisotopic (exact) mass is 234 g/mol. The molecule has 2 aromatic rings.